The van der Waals surface area contributed by atoms with Crippen LogP contribution in [0.3, 0.4) is 0 Å². The SMILES string of the molecule is CCc1cc(-c2c[nH]c(=O)c(N(CC3CC3)C3CCN(C(=O)/C=C/CN)CC3)c2)ccn1. The first-order chi connectivity index (χ1) is 15.6. The summed E-state index contributed by atoms with van der Waals surface area (Å²) in [5.74, 6) is 0.671. The van der Waals surface area contributed by atoms with Crippen molar-refractivity contribution in [3.05, 3.63) is 58.8 Å². The molecular formula is C25H33N5O2. The van der Waals surface area contributed by atoms with Gasteiger partial charge in [-0.25, -0.2) is 0 Å². The van der Waals surface area contributed by atoms with Gasteiger partial charge in [0.2, 0.25) is 5.91 Å². The van der Waals surface area contributed by atoms with E-state index in [1.165, 1.54) is 12.8 Å². The molecule has 1 aliphatic carbocycles. The van der Waals surface area contributed by atoms with E-state index in [0.29, 0.717) is 25.6 Å². The Morgan fingerprint density at radius 2 is 2.03 bits per heavy atom. The van der Waals surface area contributed by atoms with Gasteiger partial charge in [-0.05, 0) is 61.8 Å². The van der Waals surface area contributed by atoms with E-state index in [4.69, 9.17) is 5.73 Å². The molecule has 0 bridgehead atoms. The summed E-state index contributed by atoms with van der Waals surface area (Å²) >= 11 is 0. The number of piperidine rings is 1. The summed E-state index contributed by atoms with van der Waals surface area (Å²) in [5, 5.41) is 0. The van der Waals surface area contributed by atoms with Crippen molar-refractivity contribution in [2.24, 2.45) is 11.7 Å². The molecule has 2 fully saturated rings. The Balaban J connectivity index is 1.56. The second-order valence-electron chi connectivity index (χ2n) is 8.78. The van der Waals surface area contributed by atoms with Crippen LogP contribution in [0.4, 0.5) is 5.69 Å². The standard InChI is InChI=1S/C25H33N5O2/c1-2-21-14-19(7-11-27-21)20-15-23(25(32)28-16-20)30(17-18-5-6-18)22-8-12-29(13-9-22)24(31)4-3-10-26/h3-4,7,11,14-16,18,22H,2,5-6,8-10,12-13,17,26H2,1H3,(H,28,32)/b4-3+. The minimum absolute atomic E-state index is 0.0203. The molecule has 0 radical (unpaired) electrons. The summed E-state index contributed by atoms with van der Waals surface area (Å²) in [4.78, 5) is 36.8. The van der Waals surface area contributed by atoms with Crippen LogP contribution >= 0.6 is 0 Å². The number of carbonyl (C=O) groups excluding carboxylic acids is 1. The first-order valence-electron chi connectivity index (χ1n) is 11.7. The molecule has 0 spiro atoms. The second kappa shape index (κ2) is 10.1. The molecule has 7 heteroatoms. The van der Waals surface area contributed by atoms with Crippen molar-refractivity contribution in [2.45, 2.75) is 45.1 Å². The fourth-order valence-corrected chi connectivity index (χ4v) is 4.40. The van der Waals surface area contributed by atoms with Gasteiger partial charge < -0.3 is 20.5 Å². The number of aromatic amines is 1. The number of hydrogen-bond acceptors (Lipinski definition) is 5. The Labute approximate surface area is 189 Å². The molecule has 3 N–H and O–H groups in total. The van der Waals surface area contributed by atoms with E-state index in [-0.39, 0.29) is 17.5 Å². The smallest absolute Gasteiger partial charge is 0.271 e. The van der Waals surface area contributed by atoms with E-state index in [9.17, 15) is 9.59 Å². The lowest BCUT2D eigenvalue weighted by atomic mass is 10.0. The first-order valence-corrected chi connectivity index (χ1v) is 11.7. The number of pyridine rings is 2. The molecule has 32 heavy (non-hydrogen) atoms. The predicted molar refractivity (Wildman–Crippen MR) is 128 cm³/mol. The summed E-state index contributed by atoms with van der Waals surface area (Å²) in [6.45, 7) is 4.75. The first kappa shape index (κ1) is 22.3. The van der Waals surface area contributed by atoms with Crippen molar-refractivity contribution < 1.29 is 4.79 Å². The van der Waals surface area contributed by atoms with Crippen LogP contribution in [0.1, 0.15) is 38.3 Å². The number of aryl methyl sites for hydroxylation is 1. The number of aromatic nitrogens is 2. The number of nitrogens with two attached hydrogens (primary N) is 1. The maximum absolute atomic E-state index is 12.9. The zero-order valence-corrected chi connectivity index (χ0v) is 18.8. The van der Waals surface area contributed by atoms with Crippen LogP contribution in [-0.4, -0.2) is 53.0 Å². The average Bonchev–Trinajstić information content (AvgIpc) is 3.66. The average molecular weight is 436 g/mol. The number of carbonyl (C=O) groups is 1. The number of amides is 1. The maximum atomic E-state index is 12.9. The molecule has 1 aliphatic heterocycles. The predicted octanol–water partition coefficient (Wildman–Crippen LogP) is 2.72. The number of nitrogens with zero attached hydrogens (tertiary/aromatic N) is 3. The lowest BCUT2D eigenvalue weighted by Gasteiger charge is -2.39. The zero-order valence-electron chi connectivity index (χ0n) is 18.8. The van der Waals surface area contributed by atoms with Crippen LogP contribution < -0.4 is 16.2 Å². The molecular weight excluding hydrogens is 402 g/mol. The van der Waals surface area contributed by atoms with E-state index >= 15 is 0 Å². The number of rotatable bonds is 8. The molecule has 0 atom stereocenters. The third-order valence-corrected chi connectivity index (χ3v) is 6.47. The molecule has 1 saturated carbocycles. The van der Waals surface area contributed by atoms with E-state index in [0.717, 1.165) is 48.3 Å². The lowest BCUT2D eigenvalue weighted by molar-refractivity contribution is -0.127. The number of H-pyrrole nitrogens is 1. The van der Waals surface area contributed by atoms with Crippen molar-refractivity contribution in [3.8, 4) is 11.1 Å². The number of anilines is 1. The Morgan fingerprint density at radius 1 is 1.25 bits per heavy atom. The topological polar surface area (TPSA) is 95.3 Å². The van der Waals surface area contributed by atoms with Gasteiger partial charge in [-0.1, -0.05) is 13.0 Å². The van der Waals surface area contributed by atoms with Gasteiger partial charge in [0, 0.05) is 61.9 Å². The third kappa shape index (κ3) is 5.27. The molecule has 170 valence electrons. The summed E-state index contributed by atoms with van der Waals surface area (Å²) in [6.07, 6.45) is 11.9. The van der Waals surface area contributed by atoms with Crippen molar-refractivity contribution in [3.63, 3.8) is 0 Å². The highest BCUT2D eigenvalue weighted by Gasteiger charge is 2.32. The number of likely N-dealkylation sites (tertiary alicyclic amines) is 1. The van der Waals surface area contributed by atoms with E-state index in [2.05, 4.69) is 27.9 Å². The quantitative estimate of drug-likeness (QED) is 0.622. The van der Waals surface area contributed by atoms with Gasteiger partial charge in [0.1, 0.15) is 5.69 Å². The lowest BCUT2D eigenvalue weighted by Crippen LogP contribution is -2.48. The van der Waals surface area contributed by atoms with Gasteiger partial charge in [0.05, 0.1) is 0 Å². The summed E-state index contributed by atoms with van der Waals surface area (Å²) in [5.41, 5.74) is 9.24. The van der Waals surface area contributed by atoms with Gasteiger partial charge in [0.25, 0.3) is 5.56 Å². The number of hydrogen-bond donors (Lipinski definition) is 2. The summed E-state index contributed by atoms with van der Waals surface area (Å²) in [7, 11) is 0. The molecule has 2 aliphatic rings. The van der Waals surface area contributed by atoms with Crippen molar-refractivity contribution in [2.75, 3.05) is 31.1 Å². The highest BCUT2D eigenvalue weighted by atomic mass is 16.2. The van der Waals surface area contributed by atoms with Gasteiger partial charge in [-0.15, -0.1) is 0 Å². The Bertz CT molecular complexity index is 1020. The minimum Gasteiger partial charge on any atom is -0.364 e. The van der Waals surface area contributed by atoms with E-state index in [1.807, 2.05) is 23.2 Å². The third-order valence-electron chi connectivity index (χ3n) is 6.47. The fraction of sp³-hybridized carbons (Fsp3) is 0.480. The van der Waals surface area contributed by atoms with Crippen LogP contribution in [0, 0.1) is 5.92 Å². The Hall–Kier alpha value is -2.93. The van der Waals surface area contributed by atoms with Crippen LogP contribution in [0.15, 0.2) is 47.5 Å². The van der Waals surface area contributed by atoms with Crippen molar-refractivity contribution >= 4 is 11.6 Å². The van der Waals surface area contributed by atoms with Gasteiger partial charge in [0.15, 0.2) is 0 Å². The number of nitrogens with one attached hydrogen (secondary N) is 1. The van der Waals surface area contributed by atoms with Crippen molar-refractivity contribution in [1.29, 1.82) is 0 Å². The summed E-state index contributed by atoms with van der Waals surface area (Å²) < 4.78 is 0. The molecule has 0 unspecified atom stereocenters. The molecule has 2 aromatic rings. The van der Waals surface area contributed by atoms with Gasteiger partial charge >= 0.3 is 0 Å². The fourth-order valence-electron chi connectivity index (χ4n) is 4.40. The molecule has 2 aromatic heterocycles. The highest BCUT2D eigenvalue weighted by molar-refractivity contribution is 5.87. The Kier molecular flexibility index (Phi) is 7.05. The van der Waals surface area contributed by atoms with Gasteiger partial charge in [-0.2, -0.15) is 0 Å². The monoisotopic (exact) mass is 435 g/mol. The normalized spacial score (nSPS) is 17.1. The molecule has 4 rings (SSSR count). The van der Waals surface area contributed by atoms with E-state index in [1.54, 1.807) is 18.3 Å². The van der Waals surface area contributed by atoms with Crippen molar-refractivity contribution in [1.82, 2.24) is 14.9 Å². The van der Waals surface area contributed by atoms with Gasteiger partial charge in [-0.3, -0.25) is 14.6 Å². The minimum atomic E-state index is -0.0523. The second-order valence-corrected chi connectivity index (χ2v) is 8.78. The van der Waals surface area contributed by atoms with E-state index < -0.39 is 0 Å². The molecule has 7 nitrogen and oxygen atoms in total. The zero-order chi connectivity index (χ0) is 22.5. The van der Waals surface area contributed by atoms with Crippen LogP contribution in [0.25, 0.3) is 11.1 Å². The van der Waals surface area contributed by atoms with Crippen LogP contribution in [-0.2, 0) is 11.2 Å². The van der Waals surface area contributed by atoms with Crippen LogP contribution in [0.2, 0.25) is 0 Å². The maximum Gasteiger partial charge on any atom is 0.271 e. The van der Waals surface area contributed by atoms with Crippen LogP contribution in [0.5, 0.6) is 0 Å². The summed E-state index contributed by atoms with van der Waals surface area (Å²) in [6, 6.07) is 6.35. The molecule has 1 amide bonds. The highest BCUT2D eigenvalue weighted by Crippen LogP contribution is 2.34. The Morgan fingerprint density at radius 3 is 2.72 bits per heavy atom. The molecule has 0 aromatic carbocycles. The molecule has 3 heterocycles. The molecule has 1 saturated heterocycles. The largest absolute Gasteiger partial charge is 0.364 e.